The van der Waals surface area contributed by atoms with Crippen molar-refractivity contribution in [2.24, 2.45) is 5.73 Å². The van der Waals surface area contributed by atoms with E-state index >= 15 is 0 Å². The monoisotopic (exact) mass is 278 g/mol. The average molecular weight is 278 g/mol. The molecule has 0 saturated heterocycles. The summed E-state index contributed by atoms with van der Waals surface area (Å²) >= 11 is 1.90. The molecule has 4 heteroatoms. The SMILES string of the molecule is CSC1CCC(NC(=O)CC(N)c2ccccc2)C1. The van der Waals surface area contributed by atoms with Gasteiger partial charge in [-0.25, -0.2) is 0 Å². The van der Waals surface area contributed by atoms with Gasteiger partial charge < -0.3 is 11.1 Å². The number of carbonyl (C=O) groups is 1. The predicted octanol–water partition coefficient (Wildman–Crippen LogP) is 2.48. The summed E-state index contributed by atoms with van der Waals surface area (Å²) in [4.78, 5) is 12.0. The van der Waals surface area contributed by atoms with E-state index < -0.39 is 0 Å². The molecular formula is C15H22N2OS. The van der Waals surface area contributed by atoms with Gasteiger partial charge in [0.05, 0.1) is 0 Å². The Morgan fingerprint density at radius 3 is 2.79 bits per heavy atom. The summed E-state index contributed by atoms with van der Waals surface area (Å²) < 4.78 is 0. The number of nitrogens with two attached hydrogens (primary N) is 1. The minimum absolute atomic E-state index is 0.0723. The van der Waals surface area contributed by atoms with Crippen LogP contribution in [0.25, 0.3) is 0 Å². The van der Waals surface area contributed by atoms with Gasteiger partial charge in [-0.1, -0.05) is 30.3 Å². The van der Waals surface area contributed by atoms with Crippen LogP contribution in [0.4, 0.5) is 0 Å². The van der Waals surface area contributed by atoms with Gasteiger partial charge in [0.2, 0.25) is 5.91 Å². The van der Waals surface area contributed by atoms with Crippen molar-refractivity contribution >= 4 is 17.7 Å². The van der Waals surface area contributed by atoms with Crippen LogP contribution in [0.15, 0.2) is 30.3 Å². The zero-order valence-electron chi connectivity index (χ0n) is 11.3. The summed E-state index contributed by atoms with van der Waals surface area (Å²) in [5, 5.41) is 3.81. The number of carbonyl (C=O) groups excluding carboxylic acids is 1. The van der Waals surface area contributed by atoms with Crippen LogP contribution in [-0.4, -0.2) is 23.5 Å². The van der Waals surface area contributed by atoms with Crippen LogP contribution < -0.4 is 11.1 Å². The Balaban J connectivity index is 1.78. The van der Waals surface area contributed by atoms with Gasteiger partial charge in [-0.05, 0) is 31.1 Å². The van der Waals surface area contributed by atoms with Gasteiger partial charge >= 0.3 is 0 Å². The Kier molecular flexibility index (Phi) is 5.28. The summed E-state index contributed by atoms with van der Waals surface area (Å²) in [7, 11) is 0. The second kappa shape index (κ2) is 6.96. The third kappa shape index (κ3) is 4.25. The number of hydrogen-bond donors (Lipinski definition) is 2. The highest BCUT2D eigenvalue weighted by Gasteiger charge is 2.25. The molecule has 0 bridgehead atoms. The van der Waals surface area contributed by atoms with Crippen LogP contribution in [0.3, 0.4) is 0 Å². The lowest BCUT2D eigenvalue weighted by Crippen LogP contribution is -2.35. The van der Waals surface area contributed by atoms with Crippen molar-refractivity contribution in [2.45, 2.75) is 43.0 Å². The molecule has 1 amide bonds. The van der Waals surface area contributed by atoms with Crippen molar-refractivity contribution in [1.82, 2.24) is 5.32 Å². The topological polar surface area (TPSA) is 55.1 Å². The molecule has 0 aliphatic heterocycles. The van der Waals surface area contributed by atoms with E-state index in [4.69, 9.17) is 5.73 Å². The lowest BCUT2D eigenvalue weighted by Gasteiger charge is -2.16. The molecule has 3 N–H and O–H groups in total. The number of benzene rings is 1. The van der Waals surface area contributed by atoms with Crippen LogP contribution >= 0.6 is 11.8 Å². The van der Waals surface area contributed by atoms with E-state index in [2.05, 4.69) is 11.6 Å². The first-order valence-electron chi connectivity index (χ1n) is 6.81. The van der Waals surface area contributed by atoms with E-state index in [0.29, 0.717) is 17.7 Å². The molecule has 1 saturated carbocycles. The van der Waals surface area contributed by atoms with Crippen LogP contribution in [0, 0.1) is 0 Å². The van der Waals surface area contributed by atoms with Crippen LogP contribution in [0.1, 0.15) is 37.3 Å². The molecule has 3 unspecified atom stereocenters. The Morgan fingerprint density at radius 1 is 1.42 bits per heavy atom. The fourth-order valence-electron chi connectivity index (χ4n) is 2.59. The fraction of sp³-hybridized carbons (Fsp3) is 0.533. The quantitative estimate of drug-likeness (QED) is 0.870. The maximum Gasteiger partial charge on any atom is 0.222 e. The first-order valence-corrected chi connectivity index (χ1v) is 8.10. The summed E-state index contributed by atoms with van der Waals surface area (Å²) in [6.07, 6.45) is 5.90. The third-order valence-corrected chi connectivity index (χ3v) is 4.81. The van der Waals surface area contributed by atoms with E-state index in [1.54, 1.807) is 0 Å². The molecule has 0 heterocycles. The maximum atomic E-state index is 12.0. The van der Waals surface area contributed by atoms with Crippen LogP contribution in [0.5, 0.6) is 0 Å². The van der Waals surface area contributed by atoms with E-state index in [1.165, 1.54) is 6.42 Å². The highest BCUT2D eigenvalue weighted by Crippen LogP contribution is 2.28. The number of nitrogens with one attached hydrogen (secondary N) is 1. The molecule has 104 valence electrons. The standard InChI is InChI=1S/C15H22N2OS/c1-19-13-8-7-12(9-13)17-15(18)10-14(16)11-5-3-2-4-6-11/h2-6,12-14H,7-10,16H2,1H3,(H,17,18). The van der Waals surface area contributed by atoms with Crippen molar-refractivity contribution in [1.29, 1.82) is 0 Å². The highest BCUT2D eigenvalue weighted by atomic mass is 32.2. The fourth-order valence-corrected chi connectivity index (χ4v) is 3.39. The largest absolute Gasteiger partial charge is 0.353 e. The molecule has 3 nitrogen and oxygen atoms in total. The van der Waals surface area contributed by atoms with Crippen molar-refractivity contribution in [3.63, 3.8) is 0 Å². The maximum absolute atomic E-state index is 12.0. The first-order chi connectivity index (χ1) is 9.19. The lowest BCUT2D eigenvalue weighted by atomic mass is 10.0. The Morgan fingerprint density at radius 2 is 2.16 bits per heavy atom. The van der Waals surface area contributed by atoms with Gasteiger partial charge in [0.15, 0.2) is 0 Å². The zero-order chi connectivity index (χ0) is 13.7. The summed E-state index contributed by atoms with van der Waals surface area (Å²) in [5.74, 6) is 0.0723. The van der Waals surface area contributed by atoms with Gasteiger partial charge in [-0.2, -0.15) is 11.8 Å². The zero-order valence-corrected chi connectivity index (χ0v) is 12.2. The second-order valence-corrected chi connectivity index (χ2v) is 6.29. The number of thioether (sulfide) groups is 1. The molecule has 1 aliphatic rings. The van der Waals surface area contributed by atoms with Gasteiger partial charge in [0, 0.05) is 23.8 Å². The second-order valence-electron chi connectivity index (χ2n) is 5.16. The third-order valence-electron chi connectivity index (χ3n) is 3.72. The van der Waals surface area contributed by atoms with Crippen molar-refractivity contribution < 1.29 is 4.79 Å². The minimum Gasteiger partial charge on any atom is -0.353 e. The molecule has 19 heavy (non-hydrogen) atoms. The molecule has 0 spiro atoms. The first kappa shape index (κ1) is 14.4. The minimum atomic E-state index is -0.209. The van der Waals surface area contributed by atoms with E-state index in [0.717, 1.165) is 18.4 Å². The van der Waals surface area contributed by atoms with Crippen molar-refractivity contribution in [2.75, 3.05) is 6.26 Å². The molecule has 1 aliphatic carbocycles. The smallest absolute Gasteiger partial charge is 0.222 e. The average Bonchev–Trinajstić information content (AvgIpc) is 2.87. The summed E-state index contributed by atoms with van der Waals surface area (Å²) in [6, 6.07) is 9.93. The number of amides is 1. The highest BCUT2D eigenvalue weighted by molar-refractivity contribution is 7.99. The van der Waals surface area contributed by atoms with Gasteiger partial charge in [0.25, 0.3) is 0 Å². The molecule has 1 fully saturated rings. The van der Waals surface area contributed by atoms with Crippen molar-refractivity contribution in [3.05, 3.63) is 35.9 Å². The van der Waals surface area contributed by atoms with Crippen LogP contribution in [-0.2, 0) is 4.79 Å². The molecule has 1 aromatic rings. The van der Waals surface area contributed by atoms with Crippen molar-refractivity contribution in [3.8, 4) is 0 Å². The van der Waals surface area contributed by atoms with E-state index in [-0.39, 0.29) is 11.9 Å². The Bertz CT molecular complexity index is 410. The molecular weight excluding hydrogens is 256 g/mol. The Hall–Kier alpha value is -1.00. The number of hydrogen-bond acceptors (Lipinski definition) is 3. The van der Waals surface area contributed by atoms with Gasteiger partial charge in [-0.15, -0.1) is 0 Å². The molecule has 1 aromatic carbocycles. The predicted molar refractivity (Wildman–Crippen MR) is 81.1 cm³/mol. The van der Waals surface area contributed by atoms with Crippen LogP contribution in [0.2, 0.25) is 0 Å². The molecule has 0 aromatic heterocycles. The molecule has 2 rings (SSSR count). The van der Waals surface area contributed by atoms with Gasteiger partial charge in [0.1, 0.15) is 0 Å². The summed E-state index contributed by atoms with van der Waals surface area (Å²) in [6.45, 7) is 0. The molecule has 3 atom stereocenters. The normalized spacial score (nSPS) is 24.1. The molecule has 0 radical (unpaired) electrons. The van der Waals surface area contributed by atoms with Gasteiger partial charge in [-0.3, -0.25) is 4.79 Å². The summed E-state index contributed by atoms with van der Waals surface area (Å²) in [5.41, 5.74) is 7.08. The number of rotatable bonds is 5. The van der Waals surface area contributed by atoms with E-state index in [9.17, 15) is 4.79 Å². The Labute approximate surface area is 119 Å². The lowest BCUT2D eigenvalue weighted by molar-refractivity contribution is -0.122. The van der Waals surface area contributed by atoms with E-state index in [1.807, 2.05) is 42.1 Å².